The van der Waals surface area contributed by atoms with Gasteiger partial charge in [0.15, 0.2) is 0 Å². The van der Waals surface area contributed by atoms with Crippen LogP contribution in [0.15, 0.2) is 0 Å². The summed E-state index contributed by atoms with van der Waals surface area (Å²) in [6.07, 6.45) is 5.47. The molecular formula is C12H19NO4. The third-order valence-corrected chi connectivity index (χ3v) is 3.02. The molecule has 1 N–H and O–H groups in total. The van der Waals surface area contributed by atoms with Gasteiger partial charge >= 0.3 is 5.97 Å². The predicted molar refractivity (Wildman–Crippen MR) is 61.2 cm³/mol. The molecule has 0 aliphatic heterocycles. The molecule has 5 heteroatoms. The van der Waals surface area contributed by atoms with E-state index in [0.717, 1.165) is 25.7 Å². The minimum atomic E-state index is -0.873. The third-order valence-electron chi connectivity index (χ3n) is 3.02. The topological polar surface area (TPSA) is 72.5 Å². The Hall–Kier alpha value is -1.39. The maximum atomic E-state index is 11.8. The number of hydrogen-bond acceptors (Lipinski definition) is 4. The Kier molecular flexibility index (Phi) is 5.66. The van der Waals surface area contributed by atoms with Crippen molar-refractivity contribution in [3.8, 4) is 0 Å². The Morgan fingerprint density at radius 1 is 1.35 bits per heavy atom. The predicted octanol–water partition coefficient (Wildman–Crippen LogP) is 0.813. The van der Waals surface area contributed by atoms with Gasteiger partial charge in [-0.05, 0) is 32.6 Å². The maximum absolute atomic E-state index is 11.8. The molecule has 1 fully saturated rings. The largest absolute Gasteiger partial charge is 0.462 e. The lowest BCUT2D eigenvalue weighted by molar-refractivity contribution is -0.157. The molecule has 1 saturated carbocycles. The Morgan fingerprint density at radius 2 is 2.00 bits per heavy atom. The number of rotatable bonds is 6. The van der Waals surface area contributed by atoms with E-state index >= 15 is 0 Å². The number of carbonyl (C=O) groups is 3. The lowest BCUT2D eigenvalue weighted by Crippen LogP contribution is -2.36. The SMILES string of the molecule is CC(=O)C(CNC=O)C(=O)OC1CCCCC1. The van der Waals surface area contributed by atoms with Gasteiger partial charge in [0, 0.05) is 6.54 Å². The van der Waals surface area contributed by atoms with E-state index in [1.807, 2.05) is 0 Å². The van der Waals surface area contributed by atoms with E-state index in [-0.39, 0.29) is 18.4 Å². The summed E-state index contributed by atoms with van der Waals surface area (Å²) in [4.78, 5) is 33.2. The van der Waals surface area contributed by atoms with Crippen molar-refractivity contribution in [1.29, 1.82) is 0 Å². The van der Waals surface area contributed by atoms with Gasteiger partial charge < -0.3 is 10.1 Å². The average molecular weight is 241 g/mol. The van der Waals surface area contributed by atoms with E-state index in [2.05, 4.69) is 5.32 Å². The molecule has 96 valence electrons. The van der Waals surface area contributed by atoms with E-state index in [0.29, 0.717) is 6.41 Å². The van der Waals surface area contributed by atoms with Crippen molar-refractivity contribution < 1.29 is 19.1 Å². The number of ether oxygens (including phenoxy) is 1. The highest BCUT2D eigenvalue weighted by Crippen LogP contribution is 2.21. The second-order valence-electron chi connectivity index (χ2n) is 4.39. The van der Waals surface area contributed by atoms with Crippen molar-refractivity contribution in [2.24, 2.45) is 5.92 Å². The summed E-state index contributed by atoms with van der Waals surface area (Å²) in [5.74, 6) is -1.67. The molecule has 0 aromatic rings. The summed E-state index contributed by atoms with van der Waals surface area (Å²) < 4.78 is 5.30. The highest BCUT2D eigenvalue weighted by Gasteiger charge is 2.27. The molecule has 0 aromatic heterocycles. The smallest absolute Gasteiger partial charge is 0.318 e. The summed E-state index contributed by atoms with van der Waals surface area (Å²) in [6, 6.07) is 0. The van der Waals surface area contributed by atoms with E-state index in [4.69, 9.17) is 4.74 Å². The van der Waals surface area contributed by atoms with E-state index < -0.39 is 11.9 Å². The molecule has 1 amide bonds. The highest BCUT2D eigenvalue weighted by atomic mass is 16.5. The first-order valence-corrected chi connectivity index (χ1v) is 6.03. The van der Waals surface area contributed by atoms with Crippen LogP contribution in [-0.4, -0.2) is 30.8 Å². The number of Topliss-reactive ketones (excluding diaryl/α,β-unsaturated/α-hetero) is 1. The maximum Gasteiger partial charge on any atom is 0.318 e. The van der Waals surface area contributed by atoms with Gasteiger partial charge in [-0.2, -0.15) is 0 Å². The summed E-state index contributed by atoms with van der Waals surface area (Å²) in [5, 5.41) is 2.35. The van der Waals surface area contributed by atoms with Crippen LogP contribution < -0.4 is 5.32 Å². The average Bonchev–Trinajstić information content (AvgIpc) is 2.30. The van der Waals surface area contributed by atoms with Gasteiger partial charge in [0.1, 0.15) is 17.8 Å². The van der Waals surface area contributed by atoms with Gasteiger partial charge in [0.2, 0.25) is 6.41 Å². The van der Waals surface area contributed by atoms with Crippen molar-refractivity contribution in [3.05, 3.63) is 0 Å². The minimum Gasteiger partial charge on any atom is -0.462 e. The highest BCUT2D eigenvalue weighted by molar-refractivity contribution is 5.98. The fourth-order valence-electron chi connectivity index (χ4n) is 1.99. The molecule has 1 aliphatic carbocycles. The second-order valence-corrected chi connectivity index (χ2v) is 4.39. The fourth-order valence-corrected chi connectivity index (χ4v) is 1.99. The standard InChI is InChI=1S/C12H19NO4/c1-9(15)11(7-13-8-14)12(16)17-10-5-3-2-4-6-10/h8,10-11H,2-7H2,1H3,(H,13,14). The first-order chi connectivity index (χ1) is 8.15. The minimum absolute atomic E-state index is 0.0182. The molecule has 0 aromatic carbocycles. The number of ketones is 1. The van der Waals surface area contributed by atoms with Crippen LogP contribution >= 0.6 is 0 Å². The lowest BCUT2D eigenvalue weighted by atomic mass is 9.97. The van der Waals surface area contributed by atoms with Gasteiger partial charge in [-0.3, -0.25) is 14.4 Å². The first kappa shape index (κ1) is 13.7. The summed E-state index contributed by atoms with van der Waals surface area (Å²) in [6.45, 7) is 1.35. The molecule has 1 atom stereocenters. The van der Waals surface area contributed by atoms with Crippen LogP contribution in [0.5, 0.6) is 0 Å². The zero-order valence-electron chi connectivity index (χ0n) is 10.1. The van der Waals surface area contributed by atoms with Gasteiger partial charge in [-0.25, -0.2) is 0 Å². The summed E-state index contributed by atoms with van der Waals surface area (Å²) >= 11 is 0. The molecule has 0 radical (unpaired) electrons. The van der Waals surface area contributed by atoms with Crippen molar-refractivity contribution in [2.75, 3.05) is 6.54 Å². The van der Waals surface area contributed by atoms with E-state index in [1.165, 1.54) is 13.3 Å². The quantitative estimate of drug-likeness (QED) is 0.424. The van der Waals surface area contributed by atoms with Gasteiger partial charge in [-0.1, -0.05) is 6.42 Å². The normalized spacial score (nSPS) is 18.2. The molecule has 0 heterocycles. The van der Waals surface area contributed by atoms with Crippen molar-refractivity contribution in [3.63, 3.8) is 0 Å². The molecule has 1 unspecified atom stereocenters. The first-order valence-electron chi connectivity index (χ1n) is 6.03. The number of carbonyl (C=O) groups excluding carboxylic acids is 3. The van der Waals surface area contributed by atoms with Gasteiger partial charge in [-0.15, -0.1) is 0 Å². The van der Waals surface area contributed by atoms with Crippen LogP contribution in [0.4, 0.5) is 0 Å². The number of esters is 1. The van der Waals surface area contributed by atoms with Crippen LogP contribution in [0.25, 0.3) is 0 Å². The monoisotopic (exact) mass is 241 g/mol. The Balaban J connectivity index is 2.45. The molecule has 5 nitrogen and oxygen atoms in total. The van der Waals surface area contributed by atoms with Crippen LogP contribution in [-0.2, 0) is 19.1 Å². The number of amides is 1. The molecule has 0 spiro atoms. The van der Waals surface area contributed by atoms with Crippen LogP contribution in [0, 0.1) is 5.92 Å². The van der Waals surface area contributed by atoms with Crippen molar-refractivity contribution in [2.45, 2.75) is 45.1 Å². The van der Waals surface area contributed by atoms with Crippen LogP contribution in [0.1, 0.15) is 39.0 Å². The summed E-state index contributed by atoms with van der Waals surface area (Å²) in [7, 11) is 0. The van der Waals surface area contributed by atoms with E-state index in [9.17, 15) is 14.4 Å². The zero-order valence-corrected chi connectivity index (χ0v) is 10.1. The fraction of sp³-hybridized carbons (Fsp3) is 0.750. The zero-order chi connectivity index (χ0) is 12.7. The number of nitrogens with one attached hydrogen (secondary N) is 1. The van der Waals surface area contributed by atoms with E-state index in [1.54, 1.807) is 0 Å². The molecule has 17 heavy (non-hydrogen) atoms. The lowest BCUT2D eigenvalue weighted by Gasteiger charge is -2.23. The van der Waals surface area contributed by atoms with Gasteiger partial charge in [0.25, 0.3) is 0 Å². The van der Waals surface area contributed by atoms with Crippen molar-refractivity contribution >= 4 is 18.2 Å². The molecule has 1 rings (SSSR count). The Labute approximate surface area is 101 Å². The van der Waals surface area contributed by atoms with Crippen molar-refractivity contribution in [1.82, 2.24) is 5.32 Å². The molecule has 0 saturated heterocycles. The summed E-state index contributed by atoms with van der Waals surface area (Å²) in [5.41, 5.74) is 0. The van der Waals surface area contributed by atoms with Crippen LogP contribution in [0.3, 0.4) is 0 Å². The second kappa shape index (κ2) is 7.04. The van der Waals surface area contributed by atoms with Crippen LogP contribution in [0.2, 0.25) is 0 Å². The third kappa shape index (κ3) is 4.54. The Bertz CT molecular complexity index is 284. The number of hydrogen-bond donors (Lipinski definition) is 1. The Morgan fingerprint density at radius 3 is 2.53 bits per heavy atom. The molecule has 0 bridgehead atoms. The molecular weight excluding hydrogens is 222 g/mol. The van der Waals surface area contributed by atoms with Gasteiger partial charge in [0.05, 0.1) is 0 Å². The molecule has 1 aliphatic rings.